The van der Waals surface area contributed by atoms with Crippen molar-refractivity contribution in [3.05, 3.63) is 58.1 Å². The van der Waals surface area contributed by atoms with Gasteiger partial charge in [-0.3, -0.25) is 0 Å². The van der Waals surface area contributed by atoms with Crippen LogP contribution in [-0.4, -0.2) is 0 Å². The highest BCUT2D eigenvalue weighted by atomic mass is 79.9. The van der Waals surface area contributed by atoms with Crippen LogP contribution >= 0.6 is 27.5 Å². The molecular weight excluding hydrogens is 325 g/mol. The summed E-state index contributed by atoms with van der Waals surface area (Å²) in [6.45, 7) is 0. The Morgan fingerprint density at radius 1 is 1.06 bits per heavy atom. The molecule has 0 saturated heterocycles. The van der Waals surface area contributed by atoms with Gasteiger partial charge >= 0.3 is 0 Å². The number of alkyl halides is 1. The molecule has 5 heteroatoms. The predicted octanol–water partition coefficient (Wildman–Crippen LogP) is 5.26. The Balaban J connectivity index is 2.25. The van der Waals surface area contributed by atoms with Crippen LogP contribution in [0.25, 0.3) is 0 Å². The Morgan fingerprint density at radius 2 is 1.83 bits per heavy atom. The van der Waals surface area contributed by atoms with Crippen molar-refractivity contribution < 1.29 is 13.5 Å². The van der Waals surface area contributed by atoms with Gasteiger partial charge < -0.3 is 4.74 Å². The normalized spacial score (nSPS) is 10.4. The van der Waals surface area contributed by atoms with Crippen LogP contribution in [0, 0.1) is 11.6 Å². The van der Waals surface area contributed by atoms with Gasteiger partial charge in [0.15, 0.2) is 11.6 Å². The highest BCUT2D eigenvalue weighted by Gasteiger charge is 2.07. The lowest BCUT2D eigenvalue weighted by molar-refractivity contribution is 0.440. The molecule has 0 bridgehead atoms. The summed E-state index contributed by atoms with van der Waals surface area (Å²) < 4.78 is 32.2. The molecule has 0 aromatic heterocycles. The van der Waals surface area contributed by atoms with Gasteiger partial charge in [0.1, 0.15) is 11.6 Å². The monoisotopic (exact) mass is 332 g/mol. The molecule has 0 fully saturated rings. The summed E-state index contributed by atoms with van der Waals surface area (Å²) in [6.07, 6.45) is 0. The van der Waals surface area contributed by atoms with Gasteiger partial charge in [-0.1, -0.05) is 6.07 Å². The zero-order valence-corrected chi connectivity index (χ0v) is 11.4. The van der Waals surface area contributed by atoms with Gasteiger partial charge in [-0.2, -0.15) is 0 Å². The molecule has 1 nitrogen and oxygen atoms in total. The van der Waals surface area contributed by atoms with E-state index in [2.05, 4.69) is 15.9 Å². The fraction of sp³-hybridized carbons (Fsp3) is 0.0769. The molecule has 0 atom stereocenters. The second-order valence-corrected chi connectivity index (χ2v) is 4.70. The van der Waals surface area contributed by atoms with Crippen molar-refractivity contribution in [2.45, 2.75) is 5.88 Å². The van der Waals surface area contributed by atoms with E-state index in [0.29, 0.717) is 11.3 Å². The number of rotatable bonds is 3. The summed E-state index contributed by atoms with van der Waals surface area (Å²) in [5.41, 5.74) is 0.668. The van der Waals surface area contributed by atoms with E-state index in [1.54, 1.807) is 6.07 Å². The van der Waals surface area contributed by atoms with E-state index in [-0.39, 0.29) is 16.1 Å². The zero-order valence-electron chi connectivity index (χ0n) is 9.09. The number of ether oxygens (including phenoxy) is 1. The molecule has 0 N–H and O–H groups in total. The van der Waals surface area contributed by atoms with Crippen molar-refractivity contribution in [3.63, 3.8) is 0 Å². The molecule has 0 aliphatic rings. The first-order valence-electron chi connectivity index (χ1n) is 5.07. The minimum absolute atomic E-state index is 0.0716. The Kier molecular flexibility index (Phi) is 4.19. The Labute approximate surface area is 116 Å². The molecule has 0 saturated carbocycles. The number of hydrogen-bond donors (Lipinski definition) is 0. The fourth-order valence-electron chi connectivity index (χ4n) is 1.38. The lowest BCUT2D eigenvalue weighted by atomic mass is 10.2. The van der Waals surface area contributed by atoms with Gasteiger partial charge in [-0.05, 0) is 51.8 Å². The Morgan fingerprint density at radius 3 is 2.44 bits per heavy atom. The predicted molar refractivity (Wildman–Crippen MR) is 70.1 cm³/mol. The quantitative estimate of drug-likeness (QED) is 0.696. The van der Waals surface area contributed by atoms with Crippen LogP contribution in [-0.2, 0) is 5.88 Å². The lowest BCUT2D eigenvalue weighted by Crippen LogP contribution is -1.90. The Hall–Kier alpha value is -1.13. The molecule has 0 unspecified atom stereocenters. The summed E-state index contributed by atoms with van der Waals surface area (Å²) in [4.78, 5) is 0. The minimum Gasteiger partial charge on any atom is -0.454 e. The largest absolute Gasteiger partial charge is 0.454 e. The second-order valence-electron chi connectivity index (χ2n) is 3.58. The summed E-state index contributed by atoms with van der Waals surface area (Å²) in [5.74, 6) is -0.253. The third-order valence-electron chi connectivity index (χ3n) is 2.27. The molecule has 0 spiro atoms. The third kappa shape index (κ3) is 3.00. The van der Waals surface area contributed by atoms with E-state index in [4.69, 9.17) is 16.3 Å². The van der Waals surface area contributed by atoms with Crippen molar-refractivity contribution in [1.82, 2.24) is 0 Å². The van der Waals surface area contributed by atoms with Gasteiger partial charge in [0, 0.05) is 5.88 Å². The SMILES string of the molecule is Fc1ccc(Oc2ccc(CCl)cc2F)cc1Br. The highest BCUT2D eigenvalue weighted by Crippen LogP contribution is 2.28. The van der Waals surface area contributed by atoms with Crippen LogP contribution < -0.4 is 4.74 Å². The number of hydrogen-bond acceptors (Lipinski definition) is 1. The molecule has 0 heterocycles. The summed E-state index contributed by atoms with van der Waals surface area (Å²) in [7, 11) is 0. The third-order valence-corrected chi connectivity index (χ3v) is 3.19. The maximum absolute atomic E-state index is 13.6. The average molecular weight is 334 g/mol. The summed E-state index contributed by atoms with van der Waals surface area (Å²) >= 11 is 8.63. The standard InChI is InChI=1S/C13H8BrClF2O/c14-10-6-9(2-3-11(10)16)18-13-4-1-8(7-15)5-12(13)17/h1-6H,7H2. The van der Waals surface area contributed by atoms with Crippen LogP contribution in [0.5, 0.6) is 11.5 Å². The van der Waals surface area contributed by atoms with E-state index in [1.165, 1.54) is 30.3 Å². The van der Waals surface area contributed by atoms with Crippen molar-refractivity contribution in [3.8, 4) is 11.5 Å². The molecule has 0 aliphatic heterocycles. The van der Waals surface area contributed by atoms with Crippen LogP contribution in [0.3, 0.4) is 0 Å². The van der Waals surface area contributed by atoms with Gasteiger partial charge in [0.2, 0.25) is 0 Å². The van der Waals surface area contributed by atoms with Gasteiger partial charge in [-0.15, -0.1) is 11.6 Å². The molecular formula is C13H8BrClF2O. The smallest absolute Gasteiger partial charge is 0.166 e. The van der Waals surface area contributed by atoms with Crippen LogP contribution in [0.4, 0.5) is 8.78 Å². The molecule has 2 aromatic rings. The number of benzene rings is 2. The molecule has 2 rings (SSSR count). The maximum atomic E-state index is 13.6. The minimum atomic E-state index is -0.506. The van der Waals surface area contributed by atoms with E-state index >= 15 is 0 Å². The first-order valence-corrected chi connectivity index (χ1v) is 6.40. The van der Waals surface area contributed by atoms with Crippen molar-refractivity contribution in [2.75, 3.05) is 0 Å². The Bertz CT molecular complexity index is 575. The summed E-state index contributed by atoms with van der Waals surface area (Å²) in [6, 6.07) is 8.57. The molecule has 18 heavy (non-hydrogen) atoms. The topological polar surface area (TPSA) is 9.23 Å². The average Bonchev–Trinajstić information content (AvgIpc) is 2.36. The second kappa shape index (κ2) is 5.67. The van der Waals surface area contributed by atoms with Crippen LogP contribution in [0.15, 0.2) is 40.9 Å². The first-order chi connectivity index (χ1) is 8.60. The lowest BCUT2D eigenvalue weighted by Gasteiger charge is -2.08. The van der Waals surface area contributed by atoms with Crippen LogP contribution in [0.2, 0.25) is 0 Å². The van der Waals surface area contributed by atoms with Gasteiger partial charge in [0.25, 0.3) is 0 Å². The molecule has 94 valence electrons. The van der Waals surface area contributed by atoms with E-state index in [0.717, 1.165) is 0 Å². The summed E-state index contributed by atoms with van der Waals surface area (Å²) in [5, 5.41) is 0. The maximum Gasteiger partial charge on any atom is 0.166 e. The van der Waals surface area contributed by atoms with Crippen molar-refractivity contribution >= 4 is 27.5 Å². The fourth-order valence-corrected chi connectivity index (χ4v) is 1.90. The van der Waals surface area contributed by atoms with E-state index < -0.39 is 11.6 Å². The highest BCUT2D eigenvalue weighted by molar-refractivity contribution is 9.10. The van der Waals surface area contributed by atoms with Crippen molar-refractivity contribution in [1.29, 1.82) is 0 Å². The molecule has 0 amide bonds. The molecule has 0 radical (unpaired) electrons. The molecule has 2 aromatic carbocycles. The number of halogens is 4. The van der Waals surface area contributed by atoms with E-state index in [1.807, 2.05) is 0 Å². The van der Waals surface area contributed by atoms with Gasteiger partial charge in [-0.25, -0.2) is 8.78 Å². The van der Waals surface area contributed by atoms with Gasteiger partial charge in [0.05, 0.1) is 4.47 Å². The zero-order chi connectivity index (χ0) is 13.1. The first kappa shape index (κ1) is 13.3. The van der Waals surface area contributed by atoms with Crippen molar-refractivity contribution in [2.24, 2.45) is 0 Å². The van der Waals surface area contributed by atoms with Crippen LogP contribution in [0.1, 0.15) is 5.56 Å². The molecule has 0 aliphatic carbocycles. The van der Waals surface area contributed by atoms with E-state index in [9.17, 15) is 8.78 Å².